The van der Waals surface area contributed by atoms with Gasteiger partial charge in [-0.05, 0) is 30.2 Å². The normalized spacial score (nSPS) is 10.7. The van der Waals surface area contributed by atoms with E-state index in [1.165, 1.54) is 18.5 Å². The number of nitrogens with zero attached hydrogens (tertiary/aromatic N) is 3. The van der Waals surface area contributed by atoms with E-state index in [1.54, 1.807) is 25.1 Å². The maximum atomic E-state index is 13.9. The zero-order valence-electron chi connectivity index (χ0n) is 12.5. The highest BCUT2D eigenvalue weighted by molar-refractivity contribution is 5.82. The minimum absolute atomic E-state index is 0.0000680. The van der Waals surface area contributed by atoms with E-state index in [-0.39, 0.29) is 24.3 Å². The summed E-state index contributed by atoms with van der Waals surface area (Å²) in [6.07, 6.45) is 3.04. The molecule has 6 heteroatoms. The average molecular weight is 311 g/mol. The number of hydrogen-bond donors (Lipinski definition) is 1. The number of rotatable bonds is 4. The van der Waals surface area contributed by atoms with E-state index in [2.05, 4.69) is 21.5 Å². The number of aromatic nitrogens is 3. The van der Waals surface area contributed by atoms with Crippen molar-refractivity contribution < 1.29 is 14.2 Å². The highest BCUT2D eigenvalue weighted by Gasteiger charge is 2.12. The summed E-state index contributed by atoms with van der Waals surface area (Å²) in [5.74, 6) is -0.545. The van der Waals surface area contributed by atoms with Crippen LogP contribution in [0.2, 0.25) is 0 Å². The maximum absolute atomic E-state index is 13.9. The smallest absolute Gasteiger partial charge is 0.320 e. The molecule has 2 aromatic heterocycles. The first-order chi connectivity index (χ1) is 11.1. The summed E-state index contributed by atoms with van der Waals surface area (Å²) >= 11 is 0. The lowest BCUT2D eigenvalue weighted by Gasteiger charge is -2.11. The van der Waals surface area contributed by atoms with Crippen LogP contribution >= 0.6 is 0 Å². The van der Waals surface area contributed by atoms with Gasteiger partial charge in [0.05, 0.1) is 17.1 Å². The van der Waals surface area contributed by atoms with Crippen LogP contribution in [0.25, 0.3) is 16.5 Å². The van der Waals surface area contributed by atoms with Crippen LogP contribution in [0.15, 0.2) is 43.2 Å². The lowest BCUT2D eigenvalue weighted by Crippen LogP contribution is -2.04. The Hall–Kier alpha value is -3.02. The van der Waals surface area contributed by atoms with Crippen molar-refractivity contribution in [1.82, 2.24) is 15.0 Å². The minimum atomic E-state index is -0.356. The van der Waals surface area contributed by atoms with Crippen molar-refractivity contribution in [3.05, 3.63) is 60.2 Å². The quantitative estimate of drug-likeness (QED) is 0.799. The summed E-state index contributed by atoms with van der Waals surface area (Å²) in [6.45, 7) is 5.57. The maximum Gasteiger partial charge on any atom is 0.320 e. The van der Waals surface area contributed by atoms with Crippen molar-refractivity contribution in [2.75, 3.05) is 0 Å². The molecule has 0 atom stereocenters. The molecule has 116 valence electrons. The van der Waals surface area contributed by atoms with Crippen LogP contribution in [0, 0.1) is 5.82 Å². The van der Waals surface area contributed by atoms with Crippen molar-refractivity contribution in [3.8, 4) is 11.9 Å². The summed E-state index contributed by atoms with van der Waals surface area (Å²) in [5.41, 5.74) is 2.12. The standard InChI is InChI=1S/C17H14FN3O2/c1-10(2)15-11(4-3-5-13(15)18)9-23-17-20-14-8-19-7-6-12(14)16(22)21-17/h3-8H,1,9H2,2H3,(H,20,21,22). The molecule has 0 aliphatic rings. The van der Waals surface area contributed by atoms with Gasteiger partial charge in [-0.3, -0.25) is 4.98 Å². The number of fused-ring (bicyclic) bond motifs is 1. The highest BCUT2D eigenvalue weighted by Crippen LogP contribution is 2.25. The molecule has 0 aliphatic heterocycles. The van der Waals surface area contributed by atoms with Gasteiger partial charge in [0, 0.05) is 11.8 Å². The summed E-state index contributed by atoms with van der Waals surface area (Å²) in [5, 5.41) is 10.4. The lowest BCUT2D eigenvalue weighted by molar-refractivity contribution is 0.276. The molecule has 0 fully saturated rings. The predicted octanol–water partition coefficient (Wildman–Crippen LogP) is 3.48. The van der Waals surface area contributed by atoms with Crippen molar-refractivity contribution in [2.45, 2.75) is 13.5 Å². The number of halogens is 1. The zero-order valence-corrected chi connectivity index (χ0v) is 12.5. The number of benzene rings is 1. The van der Waals surface area contributed by atoms with Gasteiger partial charge in [-0.15, -0.1) is 0 Å². The van der Waals surface area contributed by atoms with Crippen LogP contribution < -0.4 is 4.74 Å². The van der Waals surface area contributed by atoms with Crippen LogP contribution in [0.5, 0.6) is 11.9 Å². The van der Waals surface area contributed by atoms with Gasteiger partial charge in [-0.1, -0.05) is 18.7 Å². The summed E-state index contributed by atoms with van der Waals surface area (Å²) < 4.78 is 19.4. The molecule has 3 aromatic rings. The Morgan fingerprint density at radius 1 is 1.30 bits per heavy atom. The molecule has 5 nitrogen and oxygen atoms in total. The molecule has 0 bridgehead atoms. The van der Waals surface area contributed by atoms with Gasteiger partial charge in [0.25, 0.3) is 0 Å². The van der Waals surface area contributed by atoms with Gasteiger partial charge < -0.3 is 9.84 Å². The lowest BCUT2D eigenvalue weighted by atomic mass is 10.0. The van der Waals surface area contributed by atoms with Gasteiger partial charge in [0.2, 0.25) is 5.88 Å². The van der Waals surface area contributed by atoms with Gasteiger partial charge in [-0.2, -0.15) is 9.97 Å². The fraction of sp³-hybridized carbons (Fsp3) is 0.118. The van der Waals surface area contributed by atoms with E-state index in [4.69, 9.17) is 4.74 Å². The number of hydrogen-bond acceptors (Lipinski definition) is 5. The topological polar surface area (TPSA) is 68.1 Å². The molecule has 0 saturated heterocycles. The molecule has 1 aromatic carbocycles. The van der Waals surface area contributed by atoms with Crippen molar-refractivity contribution in [1.29, 1.82) is 0 Å². The SMILES string of the molecule is C=C(C)c1c(F)cccc1COc1nc(O)c2ccncc2n1. The van der Waals surface area contributed by atoms with E-state index in [0.29, 0.717) is 27.6 Å². The van der Waals surface area contributed by atoms with Gasteiger partial charge in [-0.25, -0.2) is 4.39 Å². The second-order valence-electron chi connectivity index (χ2n) is 5.07. The fourth-order valence-corrected chi connectivity index (χ4v) is 2.32. The Morgan fingerprint density at radius 3 is 2.91 bits per heavy atom. The number of aromatic hydroxyl groups is 1. The molecule has 23 heavy (non-hydrogen) atoms. The first kappa shape index (κ1) is 14.9. The Bertz CT molecular complexity index is 896. The van der Waals surface area contributed by atoms with E-state index in [1.807, 2.05) is 0 Å². The van der Waals surface area contributed by atoms with E-state index in [0.717, 1.165) is 0 Å². The third-order valence-corrected chi connectivity index (χ3v) is 3.34. The number of allylic oxidation sites excluding steroid dienone is 1. The molecule has 2 heterocycles. The number of pyridine rings is 1. The van der Waals surface area contributed by atoms with Gasteiger partial charge in [0.15, 0.2) is 0 Å². The Morgan fingerprint density at radius 2 is 2.13 bits per heavy atom. The monoisotopic (exact) mass is 311 g/mol. The van der Waals surface area contributed by atoms with Crippen molar-refractivity contribution in [2.24, 2.45) is 0 Å². The molecule has 0 amide bonds. The van der Waals surface area contributed by atoms with Crippen molar-refractivity contribution in [3.63, 3.8) is 0 Å². The first-order valence-electron chi connectivity index (χ1n) is 6.93. The van der Waals surface area contributed by atoms with Crippen LogP contribution in [0.3, 0.4) is 0 Å². The third kappa shape index (κ3) is 2.96. The second-order valence-corrected chi connectivity index (χ2v) is 5.07. The summed E-state index contributed by atoms with van der Waals surface area (Å²) in [7, 11) is 0. The molecule has 3 rings (SSSR count). The van der Waals surface area contributed by atoms with Gasteiger partial charge >= 0.3 is 6.01 Å². The van der Waals surface area contributed by atoms with Crippen LogP contribution in [-0.4, -0.2) is 20.1 Å². The molecular weight excluding hydrogens is 297 g/mol. The molecule has 0 unspecified atom stereocenters. The minimum Gasteiger partial charge on any atom is -0.493 e. The summed E-state index contributed by atoms with van der Waals surface area (Å²) in [6, 6.07) is 6.33. The highest BCUT2D eigenvalue weighted by atomic mass is 19.1. The first-order valence-corrected chi connectivity index (χ1v) is 6.93. The van der Waals surface area contributed by atoms with Crippen LogP contribution in [0.1, 0.15) is 18.1 Å². The fourth-order valence-electron chi connectivity index (χ4n) is 2.32. The molecule has 1 N–H and O–H groups in total. The molecule has 0 spiro atoms. The average Bonchev–Trinajstić information content (AvgIpc) is 2.52. The van der Waals surface area contributed by atoms with Crippen molar-refractivity contribution >= 4 is 16.5 Å². The largest absolute Gasteiger partial charge is 0.493 e. The molecule has 0 radical (unpaired) electrons. The summed E-state index contributed by atoms with van der Waals surface area (Å²) in [4.78, 5) is 12.0. The number of ether oxygens (including phenoxy) is 1. The predicted molar refractivity (Wildman–Crippen MR) is 84.4 cm³/mol. The second kappa shape index (κ2) is 6.00. The Labute approximate surface area is 132 Å². The Balaban J connectivity index is 1.90. The molecule has 0 saturated carbocycles. The zero-order chi connectivity index (χ0) is 16.4. The van der Waals surface area contributed by atoms with E-state index in [9.17, 15) is 9.50 Å². The van der Waals surface area contributed by atoms with Crippen LogP contribution in [-0.2, 0) is 6.61 Å². The van der Waals surface area contributed by atoms with E-state index >= 15 is 0 Å². The van der Waals surface area contributed by atoms with Gasteiger partial charge in [0.1, 0.15) is 12.4 Å². The molecule has 0 aliphatic carbocycles. The molecular formula is C17H14FN3O2. The Kier molecular flexibility index (Phi) is 3.89. The third-order valence-electron chi connectivity index (χ3n) is 3.34. The van der Waals surface area contributed by atoms with Crippen LogP contribution in [0.4, 0.5) is 4.39 Å². The van der Waals surface area contributed by atoms with E-state index < -0.39 is 0 Å².